The van der Waals surface area contributed by atoms with Crippen molar-refractivity contribution < 1.29 is 19.1 Å². The van der Waals surface area contributed by atoms with E-state index in [1.165, 1.54) is 7.11 Å². The van der Waals surface area contributed by atoms with Gasteiger partial charge < -0.3 is 14.8 Å². The monoisotopic (exact) mass is 307 g/mol. The fourth-order valence-electron chi connectivity index (χ4n) is 2.39. The summed E-state index contributed by atoms with van der Waals surface area (Å²) in [5, 5.41) is 2.71. The Balaban J connectivity index is 2.66. The van der Waals surface area contributed by atoms with Crippen molar-refractivity contribution in [2.45, 2.75) is 46.1 Å². The maximum absolute atomic E-state index is 12.1. The molecule has 0 fully saturated rings. The molecule has 0 aromatic heterocycles. The molecule has 1 N–H and O–H groups in total. The van der Waals surface area contributed by atoms with Crippen molar-refractivity contribution in [2.75, 3.05) is 13.7 Å². The molecule has 122 valence electrons. The first-order valence-electron chi connectivity index (χ1n) is 7.42. The van der Waals surface area contributed by atoms with Gasteiger partial charge in [-0.15, -0.1) is 0 Å². The maximum Gasteiger partial charge on any atom is 0.331 e. The topological polar surface area (TPSA) is 64.6 Å². The molecule has 5 nitrogen and oxygen atoms in total. The van der Waals surface area contributed by atoms with E-state index in [0.29, 0.717) is 12.2 Å². The number of methoxy groups -OCH3 is 1. The Labute approximate surface area is 132 Å². The van der Waals surface area contributed by atoms with Gasteiger partial charge in [-0.05, 0) is 38.8 Å². The largest absolute Gasteiger partial charge is 0.484 e. The Kier molecular flexibility index (Phi) is 6.40. The van der Waals surface area contributed by atoms with E-state index in [9.17, 15) is 9.59 Å². The van der Waals surface area contributed by atoms with Crippen LogP contribution in [0.1, 0.15) is 37.8 Å². The van der Waals surface area contributed by atoms with E-state index in [0.717, 1.165) is 17.5 Å². The number of carbonyl (C=O) groups excluding carboxylic acids is 2. The average molecular weight is 307 g/mol. The number of esters is 1. The van der Waals surface area contributed by atoms with E-state index >= 15 is 0 Å². The molecule has 0 aliphatic carbocycles. The van der Waals surface area contributed by atoms with Gasteiger partial charge in [0.15, 0.2) is 6.61 Å². The van der Waals surface area contributed by atoms with Crippen molar-refractivity contribution in [1.29, 1.82) is 0 Å². The molecule has 0 spiro atoms. The molecular weight excluding hydrogens is 282 g/mol. The maximum atomic E-state index is 12.1. The molecule has 1 amide bonds. The third-order valence-corrected chi connectivity index (χ3v) is 3.49. The molecule has 0 bridgehead atoms. The van der Waals surface area contributed by atoms with Gasteiger partial charge in [-0.1, -0.05) is 31.0 Å². The van der Waals surface area contributed by atoms with Gasteiger partial charge in [-0.25, -0.2) is 4.79 Å². The van der Waals surface area contributed by atoms with Crippen molar-refractivity contribution in [3.8, 4) is 5.75 Å². The number of hydrogen-bond donors (Lipinski definition) is 1. The van der Waals surface area contributed by atoms with Crippen LogP contribution >= 0.6 is 0 Å². The zero-order chi connectivity index (χ0) is 16.8. The summed E-state index contributed by atoms with van der Waals surface area (Å²) in [5.74, 6) is -0.133. The Bertz CT molecular complexity index is 541. The Morgan fingerprint density at radius 3 is 2.50 bits per heavy atom. The Morgan fingerprint density at radius 2 is 1.95 bits per heavy atom. The number of hydrogen-bond acceptors (Lipinski definition) is 4. The molecule has 0 heterocycles. The molecule has 22 heavy (non-hydrogen) atoms. The van der Waals surface area contributed by atoms with Crippen LogP contribution in [0.3, 0.4) is 0 Å². The fraction of sp³-hybridized carbons (Fsp3) is 0.529. The van der Waals surface area contributed by atoms with Crippen molar-refractivity contribution in [3.63, 3.8) is 0 Å². The highest BCUT2D eigenvalue weighted by molar-refractivity contribution is 5.88. The second-order valence-corrected chi connectivity index (χ2v) is 5.68. The number of nitrogens with one attached hydrogen (secondary N) is 1. The molecule has 1 aromatic rings. The summed E-state index contributed by atoms with van der Waals surface area (Å²) in [5.41, 5.74) is 1.08. The summed E-state index contributed by atoms with van der Waals surface area (Å²) in [7, 11) is 1.31. The summed E-state index contributed by atoms with van der Waals surface area (Å²) in [6.07, 6.45) is 1.26. The lowest BCUT2D eigenvalue weighted by Crippen LogP contribution is -2.53. The number of amides is 1. The van der Waals surface area contributed by atoms with Gasteiger partial charge in [0.05, 0.1) is 7.11 Å². The molecular formula is C17H25NO4. The smallest absolute Gasteiger partial charge is 0.331 e. The fourth-order valence-corrected chi connectivity index (χ4v) is 2.39. The van der Waals surface area contributed by atoms with Crippen LogP contribution in [-0.2, 0) is 14.3 Å². The third kappa shape index (κ3) is 4.76. The normalized spacial score (nSPS) is 13.1. The van der Waals surface area contributed by atoms with Crippen molar-refractivity contribution in [1.82, 2.24) is 5.32 Å². The molecule has 1 rings (SSSR count). The van der Waals surface area contributed by atoms with Gasteiger partial charge in [0, 0.05) is 0 Å². The van der Waals surface area contributed by atoms with Crippen molar-refractivity contribution in [3.05, 3.63) is 29.3 Å². The number of rotatable bonds is 7. The summed E-state index contributed by atoms with van der Waals surface area (Å²) >= 11 is 0. The average Bonchev–Trinajstić information content (AvgIpc) is 2.45. The van der Waals surface area contributed by atoms with E-state index < -0.39 is 11.5 Å². The van der Waals surface area contributed by atoms with Crippen LogP contribution in [0.2, 0.25) is 0 Å². The molecule has 5 heteroatoms. The molecule has 0 saturated heterocycles. The summed E-state index contributed by atoms with van der Waals surface area (Å²) in [6, 6.07) is 5.75. The minimum atomic E-state index is -1.02. The van der Waals surface area contributed by atoms with Crippen molar-refractivity contribution in [2.24, 2.45) is 0 Å². The van der Waals surface area contributed by atoms with Crippen LogP contribution in [0.4, 0.5) is 0 Å². The van der Waals surface area contributed by atoms with Gasteiger partial charge in [0.1, 0.15) is 11.3 Å². The lowest BCUT2D eigenvalue weighted by Gasteiger charge is -2.27. The SMILES string of the molecule is CCCC(C)(NC(=O)COc1ccc(C)cc1C)C(=O)OC. The first-order chi connectivity index (χ1) is 10.3. The van der Waals surface area contributed by atoms with E-state index in [1.807, 2.05) is 39.0 Å². The molecule has 0 saturated carbocycles. The van der Waals surface area contributed by atoms with Crippen LogP contribution in [0.15, 0.2) is 18.2 Å². The first-order valence-corrected chi connectivity index (χ1v) is 7.42. The van der Waals surface area contributed by atoms with Crippen LogP contribution < -0.4 is 10.1 Å². The lowest BCUT2D eigenvalue weighted by molar-refractivity contribution is -0.150. The number of ether oxygens (including phenoxy) is 2. The first kappa shape index (κ1) is 18.0. The van der Waals surface area contributed by atoms with E-state index in [1.54, 1.807) is 6.92 Å². The van der Waals surface area contributed by atoms with Crippen LogP contribution in [0.25, 0.3) is 0 Å². The van der Waals surface area contributed by atoms with Gasteiger partial charge >= 0.3 is 5.97 Å². The minimum Gasteiger partial charge on any atom is -0.484 e. The molecule has 0 radical (unpaired) electrons. The second kappa shape index (κ2) is 7.82. The van der Waals surface area contributed by atoms with Crippen molar-refractivity contribution >= 4 is 11.9 Å². The second-order valence-electron chi connectivity index (χ2n) is 5.68. The van der Waals surface area contributed by atoms with Crippen LogP contribution in [-0.4, -0.2) is 31.1 Å². The molecule has 0 aliphatic heterocycles. The quantitative estimate of drug-likeness (QED) is 0.786. The Hall–Kier alpha value is -2.04. The third-order valence-electron chi connectivity index (χ3n) is 3.49. The number of aryl methyl sites for hydroxylation is 2. The number of benzene rings is 1. The van der Waals surface area contributed by atoms with E-state index in [2.05, 4.69) is 5.32 Å². The van der Waals surface area contributed by atoms with Gasteiger partial charge in [-0.2, -0.15) is 0 Å². The van der Waals surface area contributed by atoms with Gasteiger partial charge in [-0.3, -0.25) is 4.79 Å². The van der Waals surface area contributed by atoms with Crippen LogP contribution in [0.5, 0.6) is 5.75 Å². The summed E-state index contributed by atoms with van der Waals surface area (Å²) in [6.45, 7) is 7.39. The highest BCUT2D eigenvalue weighted by Crippen LogP contribution is 2.19. The standard InChI is InChI=1S/C17H25NO4/c1-6-9-17(4,16(20)21-5)18-15(19)11-22-14-8-7-12(2)10-13(14)3/h7-8,10H,6,9,11H2,1-5H3,(H,18,19). The number of carbonyl (C=O) groups is 2. The molecule has 0 aliphatic rings. The zero-order valence-corrected chi connectivity index (χ0v) is 14.0. The minimum absolute atomic E-state index is 0.139. The highest BCUT2D eigenvalue weighted by atomic mass is 16.5. The molecule has 1 atom stereocenters. The highest BCUT2D eigenvalue weighted by Gasteiger charge is 2.35. The summed E-state index contributed by atoms with van der Waals surface area (Å²) in [4.78, 5) is 23.9. The lowest BCUT2D eigenvalue weighted by atomic mass is 9.96. The summed E-state index contributed by atoms with van der Waals surface area (Å²) < 4.78 is 10.3. The zero-order valence-electron chi connectivity index (χ0n) is 14.0. The predicted molar refractivity (Wildman–Crippen MR) is 84.9 cm³/mol. The predicted octanol–water partition coefficient (Wildman–Crippen LogP) is 2.53. The van der Waals surface area contributed by atoms with Gasteiger partial charge in [0.2, 0.25) is 0 Å². The van der Waals surface area contributed by atoms with Crippen LogP contribution in [0, 0.1) is 13.8 Å². The van der Waals surface area contributed by atoms with E-state index in [-0.39, 0.29) is 12.5 Å². The van der Waals surface area contributed by atoms with E-state index in [4.69, 9.17) is 9.47 Å². The molecule has 1 aromatic carbocycles. The Morgan fingerprint density at radius 1 is 1.27 bits per heavy atom. The molecule has 1 unspecified atom stereocenters. The van der Waals surface area contributed by atoms with Gasteiger partial charge in [0.25, 0.3) is 5.91 Å².